The normalized spacial score (nSPS) is 29.9. The van der Waals surface area contributed by atoms with Crippen LogP contribution in [0.2, 0.25) is 0 Å². The number of rotatable bonds is 0. The summed E-state index contributed by atoms with van der Waals surface area (Å²) < 4.78 is 0. The van der Waals surface area contributed by atoms with Gasteiger partial charge >= 0.3 is 0 Å². The molecule has 0 saturated heterocycles. The Kier molecular flexibility index (Phi) is 1.76. The van der Waals surface area contributed by atoms with Gasteiger partial charge in [-0.05, 0) is 6.08 Å². The van der Waals surface area contributed by atoms with Crippen LogP contribution >= 0.6 is 0 Å². The minimum absolute atomic E-state index is 0.0261. The van der Waals surface area contributed by atoms with Crippen LogP contribution in [0.1, 0.15) is 20.3 Å². The van der Waals surface area contributed by atoms with Crippen LogP contribution in [0.15, 0.2) is 11.8 Å². The summed E-state index contributed by atoms with van der Waals surface area (Å²) in [6.45, 7) is 3.34. The van der Waals surface area contributed by atoms with E-state index in [1.807, 2.05) is 0 Å². The monoisotopic (exact) mass is 156 g/mol. The highest BCUT2D eigenvalue weighted by molar-refractivity contribution is 5.87. The lowest BCUT2D eigenvalue weighted by atomic mass is 9.77. The zero-order valence-corrected chi connectivity index (χ0v) is 6.66. The van der Waals surface area contributed by atoms with Crippen molar-refractivity contribution in [2.45, 2.75) is 26.4 Å². The summed E-state index contributed by atoms with van der Waals surface area (Å²) in [7, 11) is 0. The molecule has 0 radical (unpaired) electrons. The molecule has 0 saturated carbocycles. The second-order valence-electron chi connectivity index (χ2n) is 3.42. The van der Waals surface area contributed by atoms with E-state index in [4.69, 9.17) is 5.11 Å². The molecular weight excluding hydrogens is 144 g/mol. The summed E-state index contributed by atoms with van der Waals surface area (Å²) in [5, 5.41) is 18.3. The van der Waals surface area contributed by atoms with Gasteiger partial charge in [-0.15, -0.1) is 0 Å². The molecule has 62 valence electrons. The van der Waals surface area contributed by atoms with E-state index in [1.165, 1.54) is 6.08 Å². The molecule has 1 atom stereocenters. The van der Waals surface area contributed by atoms with Gasteiger partial charge in [-0.25, -0.2) is 0 Å². The molecule has 2 N–H and O–H groups in total. The number of carbonyl (C=O) groups is 1. The molecule has 1 unspecified atom stereocenters. The molecule has 0 amide bonds. The van der Waals surface area contributed by atoms with Crippen LogP contribution in [0.3, 0.4) is 0 Å². The molecule has 3 nitrogen and oxygen atoms in total. The maximum Gasteiger partial charge on any atom is 0.148 e. The molecule has 0 bridgehead atoms. The highest BCUT2D eigenvalue weighted by atomic mass is 16.3. The Morgan fingerprint density at radius 2 is 2.18 bits per heavy atom. The van der Waals surface area contributed by atoms with Crippen LogP contribution in [-0.2, 0) is 4.79 Å². The van der Waals surface area contributed by atoms with Crippen molar-refractivity contribution in [1.29, 1.82) is 0 Å². The standard InChI is InChI=1S/C8H12O3/c1-8(2)6(10)3-5(9)4-7(8)11/h3,6,9-10H,4H2,1-2H3. The largest absolute Gasteiger partial charge is 0.512 e. The number of hydrogen-bond donors (Lipinski definition) is 2. The van der Waals surface area contributed by atoms with Crippen LogP contribution in [0.5, 0.6) is 0 Å². The van der Waals surface area contributed by atoms with Crippen molar-refractivity contribution >= 4 is 5.78 Å². The van der Waals surface area contributed by atoms with E-state index in [9.17, 15) is 9.90 Å². The van der Waals surface area contributed by atoms with Crippen LogP contribution in [0.25, 0.3) is 0 Å². The fourth-order valence-corrected chi connectivity index (χ4v) is 1.01. The van der Waals surface area contributed by atoms with Gasteiger partial charge in [0.2, 0.25) is 0 Å². The predicted octanol–water partition coefficient (Wildman–Crippen LogP) is 0.788. The minimum Gasteiger partial charge on any atom is -0.512 e. The molecule has 0 spiro atoms. The lowest BCUT2D eigenvalue weighted by molar-refractivity contribution is -0.132. The third-order valence-corrected chi connectivity index (χ3v) is 2.15. The Labute approximate surface area is 65.3 Å². The first-order valence-corrected chi connectivity index (χ1v) is 3.55. The van der Waals surface area contributed by atoms with Gasteiger partial charge in [0.1, 0.15) is 5.78 Å². The topological polar surface area (TPSA) is 57.5 Å². The predicted molar refractivity (Wildman–Crippen MR) is 40.1 cm³/mol. The van der Waals surface area contributed by atoms with Crippen molar-refractivity contribution in [2.24, 2.45) is 5.41 Å². The first kappa shape index (κ1) is 8.27. The van der Waals surface area contributed by atoms with E-state index in [0.29, 0.717) is 0 Å². The van der Waals surface area contributed by atoms with E-state index in [1.54, 1.807) is 13.8 Å². The van der Waals surface area contributed by atoms with Gasteiger partial charge in [0, 0.05) is 0 Å². The van der Waals surface area contributed by atoms with Gasteiger partial charge in [-0.2, -0.15) is 0 Å². The molecule has 0 fully saturated rings. The molecule has 0 aromatic heterocycles. The second kappa shape index (κ2) is 2.34. The SMILES string of the molecule is CC1(C)C(=O)CC(O)=CC1O. The zero-order chi connectivity index (χ0) is 8.65. The first-order valence-electron chi connectivity index (χ1n) is 3.55. The molecule has 0 aliphatic heterocycles. The van der Waals surface area contributed by atoms with E-state index < -0.39 is 11.5 Å². The number of aliphatic hydroxyl groups is 2. The van der Waals surface area contributed by atoms with Crippen molar-refractivity contribution in [3.63, 3.8) is 0 Å². The lowest BCUT2D eigenvalue weighted by Gasteiger charge is -2.30. The average Bonchev–Trinajstić information content (AvgIpc) is 1.84. The van der Waals surface area contributed by atoms with Crippen LogP contribution in [0, 0.1) is 5.41 Å². The van der Waals surface area contributed by atoms with E-state index in [0.717, 1.165) is 0 Å². The molecule has 11 heavy (non-hydrogen) atoms. The second-order valence-corrected chi connectivity index (χ2v) is 3.42. The molecule has 0 aromatic carbocycles. The zero-order valence-electron chi connectivity index (χ0n) is 6.66. The smallest absolute Gasteiger partial charge is 0.148 e. The van der Waals surface area contributed by atoms with Gasteiger partial charge < -0.3 is 10.2 Å². The van der Waals surface area contributed by atoms with Gasteiger partial charge in [-0.3, -0.25) is 4.79 Å². The quantitative estimate of drug-likeness (QED) is 0.545. The Hall–Kier alpha value is -0.830. The van der Waals surface area contributed by atoms with E-state index >= 15 is 0 Å². The number of Topliss-reactive ketones (excluding diaryl/α,β-unsaturated/α-hetero) is 1. The molecule has 1 rings (SSSR count). The maximum absolute atomic E-state index is 11.2. The highest BCUT2D eigenvalue weighted by Crippen LogP contribution is 2.30. The summed E-state index contributed by atoms with van der Waals surface area (Å²) in [5.74, 6) is -0.146. The summed E-state index contributed by atoms with van der Waals surface area (Å²) in [6, 6.07) is 0. The number of aliphatic hydroxyl groups excluding tert-OH is 2. The van der Waals surface area contributed by atoms with Crippen LogP contribution in [-0.4, -0.2) is 22.1 Å². The summed E-state index contributed by atoms with van der Waals surface area (Å²) >= 11 is 0. The lowest BCUT2D eigenvalue weighted by Crippen LogP contribution is -2.39. The molecular formula is C8H12O3. The Morgan fingerprint density at radius 3 is 2.64 bits per heavy atom. The third-order valence-electron chi connectivity index (χ3n) is 2.15. The van der Waals surface area contributed by atoms with Gasteiger partial charge in [0.25, 0.3) is 0 Å². The molecule has 0 aromatic rings. The van der Waals surface area contributed by atoms with Gasteiger partial charge in [0.15, 0.2) is 0 Å². The number of hydrogen-bond acceptors (Lipinski definition) is 3. The van der Waals surface area contributed by atoms with Crippen molar-refractivity contribution in [3.8, 4) is 0 Å². The average molecular weight is 156 g/mol. The summed E-state index contributed by atoms with van der Waals surface area (Å²) in [6.07, 6.45) is 0.509. The van der Waals surface area contributed by atoms with Crippen molar-refractivity contribution in [1.82, 2.24) is 0 Å². The molecule has 1 aliphatic rings. The number of carbonyl (C=O) groups excluding carboxylic acids is 1. The van der Waals surface area contributed by atoms with Crippen molar-refractivity contribution in [2.75, 3.05) is 0 Å². The van der Waals surface area contributed by atoms with Crippen LogP contribution in [0.4, 0.5) is 0 Å². The Balaban J connectivity index is 2.96. The summed E-state index contributed by atoms with van der Waals surface area (Å²) in [4.78, 5) is 11.2. The summed E-state index contributed by atoms with van der Waals surface area (Å²) in [5.41, 5.74) is -0.744. The first-order chi connectivity index (χ1) is 4.94. The van der Waals surface area contributed by atoms with Gasteiger partial charge in [0.05, 0.1) is 23.7 Å². The van der Waals surface area contributed by atoms with E-state index in [-0.39, 0.29) is 18.0 Å². The minimum atomic E-state index is -0.858. The highest BCUT2D eigenvalue weighted by Gasteiger charge is 2.38. The fraction of sp³-hybridized carbons (Fsp3) is 0.625. The van der Waals surface area contributed by atoms with Gasteiger partial charge in [-0.1, -0.05) is 13.8 Å². The van der Waals surface area contributed by atoms with Crippen molar-refractivity contribution < 1.29 is 15.0 Å². The fourth-order valence-electron chi connectivity index (χ4n) is 1.01. The molecule has 3 heteroatoms. The molecule has 1 aliphatic carbocycles. The van der Waals surface area contributed by atoms with E-state index in [2.05, 4.69) is 0 Å². The Morgan fingerprint density at radius 1 is 1.64 bits per heavy atom. The number of allylic oxidation sites excluding steroid dienone is 1. The third kappa shape index (κ3) is 1.28. The molecule has 0 heterocycles. The maximum atomic E-state index is 11.2. The number of ketones is 1. The Bertz CT molecular complexity index is 215. The van der Waals surface area contributed by atoms with Crippen molar-refractivity contribution in [3.05, 3.63) is 11.8 Å². The van der Waals surface area contributed by atoms with Crippen LogP contribution < -0.4 is 0 Å².